The first-order valence-corrected chi connectivity index (χ1v) is 12.8. The Morgan fingerprint density at radius 1 is 0.967 bits per heavy atom. The van der Waals surface area contributed by atoms with Crippen molar-refractivity contribution in [1.82, 2.24) is 9.97 Å². The molecular weight excluding hydrogens is 368 g/mol. The van der Waals surface area contributed by atoms with E-state index in [1.54, 1.807) is 0 Å². The molecule has 166 valence electrons. The average molecular weight is 411 g/mol. The molecule has 0 spiro atoms. The van der Waals surface area contributed by atoms with Gasteiger partial charge in [0.15, 0.2) is 0 Å². The second kappa shape index (κ2) is 7.57. The molecule has 3 heteroatoms. The Hall–Kier alpha value is -0.960. The first-order valence-electron chi connectivity index (χ1n) is 12.8. The second-order valence-corrected chi connectivity index (χ2v) is 12.2. The zero-order chi connectivity index (χ0) is 21.1. The van der Waals surface area contributed by atoms with Crippen molar-refractivity contribution in [2.45, 2.75) is 97.5 Å². The van der Waals surface area contributed by atoms with Gasteiger partial charge in [-0.3, -0.25) is 9.97 Å². The van der Waals surface area contributed by atoms with E-state index in [0.717, 1.165) is 60.5 Å². The molecule has 4 saturated carbocycles. The highest BCUT2D eigenvalue weighted by Gasteiger charge is 2.58. The van der Waals surface area contributed by atoms with Crippen LogP contribution in [0.1, 0.15) is 89.9 Å². The number of hydrogen-bond donors (Lipinski definition) is 1. The molecule has 4 fully saturated rings. The van der Waals surface area contributed by atoms with E-state index in [1.807, 2.05) is 19.3 Å². The van der Waals surface area contributed by atoms with Gasteiger partial charge in [-0.2, -0.15) is 0 Å². The second-order valence-electron chi connectivity index (χ2n) is 12.2. The molecule has 0 saturated heterocycles. The van der Waals surface area contributed by atoms with Crippen LogP contribution in [0.4, 0.5) is 0 Å². The van der Waals surface area contributed by atoms with Gasteiger partial charge in [0.1, 0.15) is 0 Å². The Kier molecular flexibility index (Phi) is 5.28. The third-order valence-corrected chi connectivity index (χ3v) is 10.4. The van der Waals surface area contributed by atoms with Crippen LogP contribution in [-0.4, -0.2) is 20.7 Å². The fraction of sp³-hybridized carbons (Fsp3) is 0.852. The lowest BCUT2D eigenvalue weighted by atomic mass is 9.48. The standard InChI is InChI=1S/C27H42N2O/c1-17(13-20-16-28-18(2)15-29-20)24-7-8-25-23-6-5-19-14-26(3,30)11-9-21(19)22(23)10-12-27(24,25)4/h15-17,19,21-25,30H,5-14H2,1-4H3/t17-,19+,21-,22+,23+,24+,25-,26+,27+/m0/s1. The van der Waals surface area contributed by atoms with Crippen LogP contribution in [0.3, 0.4) is 0 Å². The molecule has 1 heterocycles. The molecule has 5 rings (SSSR count). The van der Waals surface area contributed by atoms with Crippen molar-refractivity contribution in [1.29, 1.82) is 0 Å². The highest BCUT2D eigenvalue weighted by atomic mass is 16.3. The van der Waals surface area contributed by atoms with Crippen LogP contribution in [0.25, 0.3) is 0 Å². The molecule has 9 atom stereocenters. The zero-order valence-electron chi connectivity index (χ0n) is 19.6. The molecule has 30 heavy (non-hydrogen) atoms. The molecule has 4 aliphatic carbocycles. The Morgan fingerprint density at radius 2 is 1.77 bits per heavy atom. The summed E-state index contributed by atoms with van der Waals surface area (Å²) >= 11 is 0. The monoisotopic (exact) mass is 410 g/mol. The topological polar surface area (TPSA) is 46.0 Å². The Bertz CT molecular complexity index is 759. The van der Waals surface area contributed by atoms with E-state index < -0.39 is 5.60 Å². The number of aromatic nitrogens is 2. The molecule has 0 radical (unpaired) electrons. The van der Waals surface area contributed by atoms with Crippen LogP contribution in [-0.2, 0) is 6.42 Å². The molecule has 3 nitrogen and oxygen atoms in total. The zero-order valence-corrected chi connectivity index (χ0v) is 19.6. The van der Waals surface area contributed by atoms with Crippen LogP contribution >= 0.6 is 0 Å². The van der Waals surface area contributed by atoms with Gasteiger partial charge < -0.3 is 5.11 Å². The number of fused-ring (bicyclic) bond motifs is 5. The van der Waals surface area contributed by atoms with E-state index in [-0.39, 0.29) is 0 Å². The van der Waals surface area contributed by atoms with Crippen molar-refractivity contribution in [2.24, 2.45) is 46.8 Å². The maximum atomic E-state index is 10.6. The van der Waals surface area contributed by atoms with Crippen LogP contribution < -0.4 is 0 Å². The van der Waals surface area contributed by atoms with E-state index >= 15 is 0 Å². The summed E-state index contributed by atoms with van der Waals surface area (Å²) in [5.41, 5.74) is 2.30. The van der Waals surface area contributed by atoms with Crippen LogP contribution in [0, 0.1) is 53.8 Å². The lowest BCUT2D eigenvalue weighted by Crippen LogP contribution is -2.50. The van der Waals surface area contributed by atoms with E-state index in [0.29, 0.717) is 11.3 Å². The minimum absolute atomic E-state index is 0.399. The summed E-state index contributed by atoms with van der Waals surface area (Å²) in [6, 6.07) is 0. The first kappa shape index (κ1) is 20.9. The minimum Gasteiger partial charge on any atom is -0.390 e. The smallest absolute Gasteiger partial charge is 0.0622 e. The molecule has 0 unspecified atom stereocenters. The molecule has 1 aromatic heterocycles. The van der Waals surface area contributed by atoms with E-state index in [2.05, 4.69) is 30.7 Å². The highest BCUT2D eigenvalue weighted by molar-refractivity contribution is 5.09. The summed E-state index contributed by atoms with van der Waals surface area (Å²) in [5, 5.41) is 10.6. The fourth-order valence-electron chi connectivity index (χ4n) is 9.05. The summed E-state index contributed by atoms with van der Waals surface area (Å²) in [6.45, 7) is 9.23. The normalized spacial score (nSPS) is 46.6. The third-order valence-electron chi connectivity index (χ3n) is 10.4. The average Bonchev–Trinajstić information content (AvgIpc) is 3.06. The number of hydrogen-bond acceptors (Lipinski definition) is 3. The predicted octanol–water partition coefficient (Wildman–Crippen LogP) is 5.98. The molecule has 0 bridgehead atoms. The minimum atomic E-state index is -0.399. The van der Waals surface area contributed by atoms with Gasteiger partial charge in [0, 0.05) is 12.4 Å². The molecule has 1 N–H and O–H groups in total. The molecule has 0 aromatic carbocycles. The van der Waals surface area contributed by atoms with Gasteiger partial charge in [0.05, 0.1) is 17.0 Å². The van der Waals surface area contributed by atoms with Crippen LogP contribution in [0.2, 0.25) is 0 Å². The highest BCUT2D eigenvalue weighted by Crippen LogP contribution is 2.65. The van der Waals surface area contributed by atoms with Gasteiger partial charge in [-0.1, -0.05) is 13.8 Å². The van der Waals surface area contributed by atoms with E-state index in [4.69, 9.17) is 0 Å². The molecule has 4 aliphatic rings. The summed E-state index contributed by atoms with van der Waals surface area (Å²) in [6.07, 6.45) is 16.9. The van der Waals surface area contributed by atoms with Gasteiger partial charge in [0.25, 0.3) is 0 Å². The van der Waals surface area contributed by atoms with Crippen LogP contribution in [0.15, 0.2) is 12.4 Å². The van der Waals surface area contributed by atoms with Crippen molar-refractivity contribution in [3.63, 3.8) is 0 Å². The third kappa shape index (κ3) is 3.53. The largest absolute Gasteiger partial charge is 0.390 e. The SMILES string of the molecule is Cc1cnc(C[C@H](C)[C@H]2CC[C@H]3[C@@H]4CC[C@@H]5C[C@](C)(O)CC[C@@H]5[C@H]4CC[C@]23C)cn1. The summed E-state index contributed by atoms with van der Waals surface area (Å²) < 4.78 is 0. The van der Waals surface area contributed by atoms with Crippen molar-refractivity contribution in [2.75, 3.05) is 0 Å². The van der Waals surface area contributed by atoms with Crippen molar-refractivity contribution in [3.05, 3.63) is 23.8 Å². The number of aliphatic hydroxyl groups is 1. The van der Waals surface area contributed by atoms with Gasteiger partial charge in [0.2, 0.25) is 0 Å². The molecule has 1 aromatic rings. The first-order chi connectivity index (χ1) is 14.3. The lowest BCUT2D eigenvalue weighted by Gasteiger charge is -2.57. The number of nitrogens with zero attached hydrogens (tertiary/aromatic N) is 2. The summed E-state index contributed by atoms with van der Waals surface area (Å²) in [7, 11) is 0. The Balaban J connectivity index is 1.30. The number of rotatable bonds is 3. The van der Waals surface area contributed by atoms with Gasteiger partial charge in [-0.15, -0.1) is 0 Å². The van der Waals surface area contributed by atoms with Crippen molar-refractivity contribution >= 4 is 0 Å². The van der Waals surface area contributed by atoms with E-state index in [9.17, 15) is 5.11 Å². The van der Waals surface area contributed by atoms with E-state index in [1.165, 1.54) is 50.6 Å². The maximum absolute atomic E-state index is 10.6. The van der Waals surface area contributed by atoms with Crippen LogP contribution in [0.5, 0.6) is 0 Å². The molecular formula is C27H42N2O. The van der Waals surface area contributed by atoms with Gasteiger partial charge in [-0.05, 0) is 125 Å². The quantitative estimate of drug-likeness (QED) is 0.666. The van der Waals surface area contributed by atoms with Gasteiger partial charge in [-0.25, -0.2) is 0 Å². The predicted molar refractivity (Wildman–Crippen MR) is 121 cm³/mol. The lowest BCUT2D eigenvalue weighted by molar-refractivity contribution is -0.102. The Morgan fingerprint density at radius 3 is 2.53 bits per heavy atom. The Labute approximate surface area is 183 Å². The molecule has 0 amide bonds. The van der Waals surface area contributed by atoms with Gasteiger partial charge >= 0.3 is 0 Å². The maximum Gasteiger partial charge on any atom is 0.0622 e. The molecule has 0 aliphatic heterocycles. The summed E-state index contributed by atoms with van der Waals surface area (Å²) in [5.74, 6) is 6.02. The summed E-state index contributed by atoms with van der Waals surface area (Å²) in [4.78, 5) is 9.14. The number of aryl methyl sites for hydroxylation is 1. The van der Waals surface area contributed by atoms with Crippen molar-refractivity contribution < 1.29 is 5.11 Å². The fourth-order valence-corrected chi connectivity index (χ4v) is 9.05. The van der Waals surface area contributed by atoms with Crippen molar-refractivity contribution in [3.8, 4) is 0 Å².